The number of methoxy groups -OCH3 is 1. The van der Waals surface area contributed by atoms with E-state index >= 15 is 0 Å². The Balaban J connectivity index is 2.67. The molecular formula is C13H15N3O4S. The predicted molar refractivity (Wildman–Crippen MR) is 79.1 cm³/mol. The molecule has 2 heterocycles. The fourth-order valence-corrected chi connectivity index (χ4v) is 3.20. The summed E-state index contributed by atoms with van der Waals surface area (Å²) in [6, 6.07) is 0. The van der Waals surface area contributed by atoms with Gasteiger partial charge in [0.25, 0.3) is 0 Å². The van der Waals surface area contributed by atoms with Crippen LogP contribution in [0.25, 0.3) is 10.2 Å². The number of aryl methyl sites for hydroxylation is 2. The molecule has 2 rings (SSSR count). The number of hydrogen-bond acceptors (Lipinski definition) is 7. The number of thiophene rings is 1. The van der Waals surface area contributed by atoms with E-state index in [1.54, 1.807) is 20.9 Å². The van der Waals surface area contributed by atoms with Crippen LogP contribution in [0.15, 0.2) is 0 Å². The topological polar surface area (TPSA) is 92.6 Å². The van der Waals surface area contributed by atoms with Gasteiger partial charge in [-0.2, -0.15) is 0 Å². The zero-order valence-electron chi connectivity index (χ0n) is 12.1. The number of esters is 1. The Bertz CT molecular complexity index is 726. The third-order valence-corrected chi connectivity index (χ3v) is 4.15. The summed E-state index contributed by atoms with van der Waals surface area (Å²) in [6.07, 6.45) is 0. The zero-order chi connectivity index (χ0) is 15.7. The fourth-order valence-electron chi connectivity index (χ4n) is 2.06. The summed E-state index contributed by atoms with van der Waals surface area (Å²) in [6.45, 7) is 3.32. The lowest BCUT2D eigenvalue weighted by Crippen LogP contribution is -2.26. The van der Waals surface area contributed by atoms with Gasteiger partial charge in [0.05, 0.1) is 12.5 Å². The normalized spacial score (nSPS) is 10.7. The maximum Gasteiger partial charge on any atom is 0.348 e. The van der Waals surface area contributed by atoms with Crippen LogP contribution in [0.4, 0.5) is 5.82 Å². The van der Waals surface area contributed by atoms with Gasteiger partial charge in [-0.3, -0.25) is 4.79 Å². The van der Waals surface area contributed by atoms with Crippen molar-refractivity contribution in [1.29, 1.82) is 0 Å². The van der Waals surface area contributed by atoms with Crippen molar-refractivity contribution < 1.29 is 19.4 Å². The van der Waals surface area contributed by atoms with Crippen molar-refractivity contribution in [1.82, 2.24) is 9.97 Å². The SMILES string of the molecule is COC(=O)c1sc2nc(C)nc(N(C)CC(=O)O)c2c1C. The minimum Gasteiger partial charge on any atom is -0.480 e. The summed E-state index contributed by atoms with van der Waals surface area (Å²) < 4.78 is 4.76. The molecule has 0 unspecified atom stereocenters. The molecule has 7 nitrogen and oxygen atoms in total. The molecule has 0 atom stereocenters. The van der Waals surface area contributed by atoms with Crippen LogP contribution < -0.4 is 4.90 Å². The first kappa shape index (κ1) is 15.2. The molecule has 0 amide bonds. The van der Waals surface area contributed by atoms with Gasteiger partial charge in [-0.1, -0.05) is 0 Å². The molecule has 0 saturated carbocycles. The molecule has 0 bridgehead atoms. The van der Waals surface area contributed by atoms with Gasteiger partial charge in [0.15, 0.2) is 0 Å². The molecule has 1 N–H and O–H groups in total. The van der Waals surface area contributed by atoms with E-state index in [1.165, 1.54) is 23.3 Å². The average molecular weight is 309 g/mol. The molecule has 112 valence electrons. The Kier molecular flexibility index (Phi) is 4.08. The second-order valence-electron chi connectivity index (χ2n) is 4.57. The Hall–Kier alpha value is -2.22. The second kappa shape index (κ2) is 5.65. The first-order valence-electron chi connectivity index (χ1n) is 6.14. The summed E-state index contributed by atoms with van der Waals surface area (Å²) in [4.78, 5) is 33.9. The molecule has 0 aliphatic heterocycles. The Morgan fingerprint density at radius 3 is 2.57 bits per heavy atom. The van der Waals surface area contributed by atoms with E-state index < -0.39 is 11.9 Å². The predicted octanol–water partition coefficient (Wildman–Crippen LogP) is 1.62. The van der Waals surface area contributed by atoms with E-state index in [0.29, 0.717) is 32.3 Å². The van der Waals surface area contributed by atoms with Gasteiger partial charge >= 0.3 is 11.9 Å². The minimum absolute atomic E-state index is 0.186. The van der Waals surface area contributed by atoms with Crippen molar-refractivity contribution in [2.45, 2.75) is 13.8 Å². The van der Waals surface area contributed by atoms with E-state index in [-0.39, 0.29) is 6.54 Å². The Labute approximate surface area is 125 Å². The lowest BCUT2D eigenvalue weighted by Gasteiger charge is -2.17. The summed E-state index contributed by atoms with van der Waals surface area (Å²) in [7, 11) is 2.96. The van der Waals surface area contributed by atoms with Crippen LogP contribution in [0, 0.1) is 13.8 Å². The molecule has 2 aromatic heterocycles. The quantitative estimate of drug-likeness (QED) is 0.858. The maximum absolute atomic E-state index is 11.8. The number of carboxylic acids is 1. The lowest BCUT2D eigenvalue weighted by molar-refractivity contribution is -0.135. The molecule has 0 radical (unpaired) electrons. The zero-order valence-corrected chi connectivity index (χ0v) is 12.9. The monoisotopic (exact) mass is 309 g/mol. The average Bonchev–Trinajstić information content (AvgIpc) is 2.73. The van der Waals surface area contributed by atoms with Crippen LogP contribution in [0.3, 0.4) is 0 Å². The number of hydrogen-bond donors (Lipinski definition) is 1. The molecule has 2 aromatic rings. The Morgan fingerprint density at radius 1 is 1.33 bits per heavy atom. The third kappa shape index (κ3) is 2.80. The van der Waals surface area contributed by atoms with Crippen LogP contribution in [-0.4, -0.2) is 47.7 Å². The number of aliphatic carboxylic acids is 1. The number of anilines is 1. The van der Waals surface area contributed by atoms with Gasteiger partial charge in [0.1, 0.15) is 27.9 Å². The van der Waals surface area contributed by atoms with Crippen molar-refractivity contribution in [2.24, 2.45) is 0 Å². The first-order chi connectivity index (χ1) is 9.85. The maximum atomic E-state index is 11.8. The highest BCUT2D eigenvalue weighted by molar-refractivity contribution is 7.20. The van der Waals surface area contributed by atoms with Crippen LogP contribution >= 0.6 is 11.3 Å². The van der Waals surface area contributed by atoms with Gasteiger partial charge < -0.3 is 14.7 Å². The van der Waals surface area contributed by atoms with Gasteiger partial charge in [0, 0.05) is 7.05 Å². The van der Waals surface area contributed by atoms with E-state index in [4.69, 9.17) is 9.84 Å². The van der Waals surface area contributed by atoms with Gasteiger partial charge in [-0.25, -0.2) is 14.8 Å². The van der Waals surface area contributed by atoms with E-state index in [0.717, 1.165) is 0 Å². The second-order valence-corrected chi connectivity index (χ2v) is 5.57. The van der Waals surface area contributed by atoms with Crippen LogP contribution in [0.1, 0.15) is 21.1 Å². The first-order valence-corrected chi connectivity index (χ1v) is 6.95. The highest BCUT2D eigenvalue weighted by atomic mass is 32.1. The smallest absolute Gasteiger partial charge is 0.348 e. The van der Waals surface area contributed by atoms with E-state index in [9.17, 15) is 9.59 Å². The van der Waals surface area contributed by atoms with Crippen molar-refractivity contribution in [3.05, 3.63) is 16.3 Å². The number of ether oxygens (including phenoxy) is 1. The molecule has 0 saturated heterocycles. The largest absolute Gasteiger partial charge is 0.480 e. The summed E-state index contributed by atoms with van der Waals surface area (Å²) in [5, 5.41) is 9.62. The third-order valence-electron chi connectivity index (χ3n) is 2.99. The number of fused-ring (bicyclic) bond motifs is 1. The number of carbonyl (C=O) groups excluding carboxylic acids is 1. The standard InChI is InChI=1S/C13H15N3O4S/c1-6-9-11(16(3)5-8(17)18)14-7(2)15-12(9)21-10(6)13(19)20-4/h5H2,1-4H3,(H,17,18). The van der Waals surface area contributed by atoms with Crippen molar-refractivity contribution in [2.75, 3.05) is 25.6 Å². The molecule has 0 aromatic carbocycles. The Morgan fingerprint density at radius 2 is 2.00 bits per heavy atom. The number of carbonyl (C=O) groups is 2. The van der Waals surface area contributed by atoms with Crippen molar-refractivity contribution >= 4 is 39.3 Å². The van der Waals surface area contributed by atoms with Crippen LogP contribution in [-0.2, 0) is 9.53 Å². The van der Waals surface area contributed by atoms with Gasteiger partial charge in [-0.05, 0) is 19.4 Å². The van der Waals surface area contributed by atoms with Gasteiger partial charge in [0.2, 0.25) is 0 Å². The van der Waals surface area contributed by atoms with Crippen molar-refractivity contribution in [3.63, 3.8) is 0 Å². The van der Waals surface area contributed by atoms with E-state index in [1.807, 2.05) is 0 Å². The molecule has 8 heteroatoms. The number of likely N-dealkylation sites (N-methyl/N-ethyl adjacent to an activating group) is 1. The molecule has 0 fully saturated rings. The molecule has 21 heavy (non-hydrogen) atoms. The molecule has 0 aliphatic rings. The lowest BCUT2D eigenvalue weighted by atomic mass is 10.2. The number of rotatable bonds is 4. The summed E-state index contributed by atoms with van der Waals surface area (Å²) in [5.74, 6) is -0.362. The summed E-state index contributed by atoms with van der Waals surface area (Å²) in [5.41, 5.74) is 0.703. The van der Waals surface area contributed by atoms with E-state index in [2.05, 4.69) is 9.97 Å². The number of nitrogens with zero attached hydrogens (tertiary/aromatic N) is 3. The van der Waals surface area contributed by atoms with Crippen LogP contribution in [0.5, 0.6) is 0 Å². The highest BCUT2D eigenvalue weighted by Gasteiger charge is 2.22. The van der Waals surface area contributed by atoms with Gasteiger partial charge in [-0.15, -0.1) is 11.3 Å². The van der Waals surface area contributed by atoms with Crippen LogP contribution in [0.2, 0.25) is 0 Å². The molecular weight excluding hydrogens is 294 g/mol. The number of aromatic nitrogens is 2. The fraction of sp³-hybridized carbons (Fsp3) is 0.385. The summed E-state index contributed by atoms with van der Waals surface area (Å²) >= 11 is 1.22. The van der Waals surface area contributed by atoms with Crippen molar-refractivity contribution in [3.8, 4) is 0 Å². The molecule has 0 aliphatic carbocycles. The molecule has 0 spiro atoms. The minimum atomic E-state index is -0.956. The highest BCUT2D eigenvalue weighted by Crippen LogP contribution is 2.35. The number of carboxylic acid groups (broad SMARTS) is 1.